The summed E-state index contributed by atoms with van der Waals surface area (Å²) in [4.78, 5) is 0. The molecule has 0 aliphatic carbocycles. The van der Waals surface area contributed by atoms with Crippen molar-refractivity contribution in [3.63, 3.8) is 0 Å². The van der Waals surface area contributed by atoms with Gasteiger partial charge in [0.1, 0.15) is 5.82 Å². The summed E-state index contributed by atoms with van der Waals surface area (Å²) < 4.78 is 37.2. The van der Waals surface area contributed by atoms with E-state index in [9.17, 15) is 12.8 Å². The van der Waals surface area contributed by atoms with Crippen molar-refractivity contribution in [2.24, 2.45) is 0 Å². The van der Waals surface area contributed by atoms with Crippen molar-refractivity contribution >= 4 is 21.4 Å². The third-order valence-electron chi connectivity index (χ3n) is 2.84. The third-order valence-corrected chi connectivity index (χ3v) is 4.69. The first kappa shape index (κ1) is 15.0. The highest BCUT2D eigenvalue weighted by molar-refractivity contribution is 7.89. The largest absolute Gasteiger partial charge is 0.228 e. The molecule has 106 valence electrons. The molecule has 0 fully saturated rings. The molecule has 0 spiro atoms. The molecule has 20 heavy (non-hydrogen) atoms. The van der Waals surface area contributed by atoms with Gasteiger partial charge >= 0.3 is 0 Å². The third kappa shape index (κ3) is 4.32. The summed E-state index contributed by atoms with van der Waals surface area (Å²) in [6.45, 7) is 0. The van der Waals surface area contributed by atoms with E-state index in [4.69, 9.17) is 11.6 Å². The van der Waals surface area contributed by atoms with E-state index in [-0.39, 0.29) is 11.5 Å². The Morgan fingerprint density at radius 1 is 0.900 bits per heavy atom. The van der Waals surface area contributed by atoms with Crippen molar-refractivity contribution in [2.75, 3.05) is 0 Å². The van der Waals surface area contributed by atoms with E-state index in [1.165, 1.54) is 18.2 Å². The lowest BCUT2D eigenvalue weighted by atomic mass is 10.2. The molecular formula is C15H14ClFO2S. The second kappa shape index (κ2) is 6.37. The van der Waals surface area contributed by atoms with Crippen LogP contribution < -0.4 is 0 Å². The van der Waals surface area contributed by atoms with Gasteiger partial charge in [-0.3, -0.25) is 0 Å². The number of hydrogen-bond donors (Lipinski definition) is 0. The summed E-state index contributed by atoms with van der Waals surface area (Å²) >= 11 is 5.68. The topological polar surface area (TPSA) is 34.1 Å². The van der Waals surface area contributed by atoms with Crippen molar-refractivity contribution in [3.8, 4) is 0 Å². The predicted molar refractivity (Wildman–Crippen MR) is 78.7 cm³/mol. The second-order valence-corrected chi connectivity index (χ2v) is 6.94. The van der Waals surface area contributed by atoms with Crippen LogP contribution in [0.4, 0.5) is 4.39 Å². The van der Waals surface area contributed by atoms with Crippen LogP contribution in [-0.4, -0.2) is 8.42 Å². The molecule has 2 aromatic rings. The summed E-state index contributed by atoms with van der Waals surface area (Å²) in [7, 11) is -3.32. The number of halogens is 2. The highest BCUT2D eigenvalue weighted by atomic mass is 35.5. The molecule has 0 aliphatic rings. The van der Waals surface area contributed by atoms with Crippen LogP contribution in [0.25, 0.3) is 0 Å². The normalized spacial score (nSPS) is 11.5. The Labute approximate surface area is 123 Å². The van der Waals surface area contributed by atoms with Gasteiger partial charge in [-0.05, 0) is 28.8 Å². The van der Waals surface area contributed by atoms with Gasteiger partial charge in [0.05, 0.1) is 11.5 Å². The number of rotatable bonds is 5. The molecule has 5 heteroatoms. The maximum absolute atomic E-state index is 13.0. The predicted octanol–water partition coefficient (Wildman–Crippen LogP) is 3.68. The summed E-state index contributed by atoms with van der Waals surface area (Å²) in [6, 6.07) is 12.8. The fourth-order valence-corrected chi connectivity index (χ4v) is 3.58. The number of benzene rings is 2. The van der Waals surface area contributed by atoms with E-state index in [0.29, 0.717) is 17.0 Å². The number of hydrogen-bond acceptors (Lipinski definition) is 2. The standard InChI is InChI=1S/C15H14ClFO2S/c16-9-12-4-6-13(7-5-12)10-20(18,19)11-14-2-1-3-15(17)8-14/h1-8H,9-11H2. The van der Waals surface area contributed by atoms with Gasteiger partial charge in [-0.2, -0.15) is 0 Å². The van der Waals surface area contributed by atoms with Gasteiger partial charge < -0.3 is 0 Å². The van der Waals surface area contributed by atoms with Crippen LogP contribution in [0.15, 0.2) is 48.5 Å². The molecule has 0 saturated heterocycles. The van der Waals surface area contributed by atoms with Gasteiger partial charge in [0.25, 0.3) is 0 Å². The van der Waals surface area contributed by atoms with E-state index in [1.54, 1.807) is 30.3 Å². The minimum Gasteiger partial charge on any atom is -0.228 e. The van der Waals surface area contributed by atoms with E-state index in [0.717, 1.165) is 5.56 Å². The van der Waals surface area contributed by atoms with Crippen LogP contribution in [-0.2, 0) is 27.2 Å². The van der Waals surface area contributed by atoms with Crippen molar-refractivity contribution in [3.05, 3.63) is 71.0 Å². The molecule has 0 aliphatic heterocycles. The van der Waals surface area contributed by atoms with Crippen LogP contribution in [0, 0.1) is 5.82 Å². The summed E-state index contributed by atoms with van der Waals surface area (Å²) in [5, 5.41) is 0. The molecule has 0 N–H and O–H groups in total. The Hall–Kier alpha value is -1.39. The van der Waals surface area contributed by atoms with Gasteiger partial charge in [0.2, 0.25) is 0 Å². The average Bonchev–Trinajstić information content (AvgIpc) is 2.38. The van der Waals surface area contributed by atoms with Crippen LogP contribution in [0.3, 0.4) is 0 Å². The van der Waals surface area contributed by atoms with Crippen LogP contribution in [0.1, 0.15) is 16.7 Å². The molecule has 2 rings (SSSR count). The summed E-state index contributed by atoms with van der Waals surface area (Å²) in [5.41, 5.74) is 2.11. The van der Waals surface area contributed by atoms with Crippen molar-refractivity contribution in [1.82, 2.24) is 0 Å². The average molecular weight is 313 g/mol. The Bertz CT molecular complexity index is 681. The van der Waals surface area contributed by atoms with Gasteiger partial charge in [0, 0.05) is 5.88 Å². The molecular weight excluding hydrogens is 299 g/mol. The van der Waals surface area contributed by atoms with Crippen molar-refractivity contribution in [1.29, 1.82) is 0 Å². The zero-order valence-electron chi connectivity index (χ0n) is 10.7. The maximum Gasteiger partial charge on any atom is 0.158 e. The lowest BCUT2D eigenvalue weighted by Crippen LogP contribution is -2.07. The summed E-state index contributed by atoms with van der Waals surface area (Å²) in [6.07, 6.45) is 0. The van der Waals surface area contributed by atoms with E-state index >= 15 is 0 Å². The Morgan fingerprint density at radius 2 is 1.50 bits per heavy atom. The molecule has 0 atom stereocenters. The van der Waals surface area contributed by atoms with E-state index < -0.39 is 15.7 Å². The molecule has 0 unspecified atom stereocenters. The van der Waals surface area contributed by atoms with Crippen LogP contribution in [0.5, 0.6) is 0 Å². The minimum absolute atomic E-state index is 0.0634. The molecule has 0 radical (unpaired) electrons. The molecule has 0 heterocycles. The Morgan fingerprint density at radius 3 is 2.10 bits per heavy atom. The molecule has 0 amide bonds. The summed E-state index contributed by atoms with van der Waals surface area (Å²) in [5.74, 6) is -0.256. The number of alkyl halides is 1. The smallest absolute Gasteiger partial charge is 0.158 e. The highest BCUT2D eigenvalue weighted by Gasteiger charge is 2.13. The fraction of sp³-hybridized carbons (Fsp3) is 0.200. The first-order valence-electron chi connectivity index (χ1n) is 6.07. The zero-order valence-corrected chi connectivity index (χ0v) is 12.3. The SMILES string of the molecule is O=S(=O)(Cc1ccc(CCl)cc1)Cc1cccc(F)c1. The highest BCUT2D eigenvalue weighted by Crippen LogP contribution is 2.14. The molecule has 0 aromatic heterocycles. The molecule has 0 bridgehead atoms. The van der Waals surface area contributed by atoms with Crippen molar-refractivity contribution in [2.45, 2.75) is 17.4 Å². The lowest BCUT2D eigenvalue weighted by Gasteiger charge is -2.06. The van der Waals surface area contributed by atoms with Gasteiger partial charge in [-0.25, -0.2) is 12.8 Å². The van der Waals surface area contributed by atoms with Gasteiger partial charge in [0.15, 0.2) is 9.84 Å². The second-order valence-electron chi connectivity index (χ2n) is 4.61. The number of sulfone groups is 1. The molecule has 2 nitrogen and oxygen atoms in total. The first-order chi connectivity index (χ1) is 9.48. The monoisotopic (exact) mass is 312 g/mol. The lowest BCUT2D eigenvalue weighted by molar-refractivity contribution is 0.594. The quantitative estimate of drug-likeness (QED) is 0.789. The Kier molecular flexibility index (Phi) is 4.78. The first-order valence-corrected chi connectivity index (χ1v) is 8.43. The zero-order chi connectivity index (χ0) is 14.6. The Balaban J connectivity index is 2.10. The molecule has 0 saturated carbocycles. The molecule has 2 aromatic carbocycles. The fourth-order valence-electron chi connectivity index (χ4n) is 1.91. The minimum atomic E-state index is -3.32. The van der Waals surface area contributed by atoms with Gasteiger partial charge in [-0.15, -0.1) is 11.6 Å². The van der Waals surface area contributed by atoms with Crippen molar-refractivity contribution < 1.29 is 12.8 Å². The maximum atomic E-state index is 13.0. The van der Waals surface area contributed by atoms with Crippen LogP contribution in [0.2, 0.25) is 0 Å². The van der Waals surface area contributed by atoms with Gasteiger partial charge in [-0.1, -0.05) is 36.4 Å². The van der Waals surface area contributed by atoms with Crippen LogP contribution >= 0.6 is 11.6 Å². The van der Waals surface area contributed by atoms with E-state index in [2.05, 4.69) is 0 Å². The van der Waals surface area contributed by atoms with E-state index in [1.807, 2.05) is 0 Å².